The van der Waals surface area contributed by atoms with Crippen LogP contribution in [0, 0.1) is 5.41 Å². The van der Waals surface area contributed by atoms with Crippen LogP contribution in [0.1, 0.15) is 44.2 Å². The SMILES string of the molecule is CC(c1cc(O)cc2c1OCCC2)C(C)(C)C(=O)O. The average Bonchev–Trinajstić information content (AvgIpc) is 2.36. The molecule has 2 N–H and O–H groups in total. The summed E-state index contributed by atoms with van der Waals surface area (Å²) in [6.45, 7) is 5.89. The summed E-state index contributed by atoms with van der Waals surface area (Å²) in [5, 5.41) is 19.2. The van der Waals surface area contributed by atoms with Gasteiger partial charge in [0, 0.05) is 11.5 Å². The zero-order valence-electron chi connectivity index (χ0n) is 11.6. The molecule has 1 aliphatic rings. The van der Waals surface area contributed by atoms with Gasteiger partial charge in [-0.25, -0.2) is 0 Å². The van der Waals surface area contributed by atoms with Gasteiger partial charge in [0.1, 0.15) is 11.5 Å². The maximum atomic E-state index is 11.4. The minimum Gasteiger partial charge on any atom is -0.508 e. The molecular formula is C15H20O4. The van der Waals surface area contributed by atoms with E-state index in [-0.39, 0.29) is 11.7 Å². The summed E-state index contributed by atoms with van der Waals surface area (Å²) >= 11 is 0. The molecule has 2 rings (SSSR count). The summed E-state index contributed by atoms with van der Waals surface area (Å²) < 4.78 is 5.70. The van der Waals surface area contributed by atoms with Crippen molar-refractivity contribution in [3.8, 4) is 11.5 Å². The Labute approximate surface area is 113 Å². The summed E-state index contributed by atoms with van der Waals surface area (Å²) in [7, 11) is 0. The highest BCUT2D eigenvalue weighted by molar-refractivity contribution is 5.75. The number of carboxylic acid groups (broad SMARTS) is 1. The lowest BCUT2D eigenvalue weighted by atomic mass is 9.75. The molecule has 1 heterocycles. The Morgan fingerprint density at radius 3 is 2.74 bits per heavy atom. The van der Waals surface area contributed by atoms with Crippen LogP contribution in [0.25, 0.3) is 0 Å². The summed E-state index contributed by atoms with van der Waals surface area (Å²) in [5.74, 6) is -0.171. The molecule has 1 aliphatic heterocycles. The predicted molar refractivity (Wildman–Crippen MR) is 71.8 cm³/mol. The Morgan fingerprint density at radius 2 is 2.11 bits per heavy atom. The summed E-state index contributed by atoms with van der Waals surface area (Å²) in [4.78, 5) is 11.4. The van der Waals surface area contributed by atoms with Gasteiger partial charge in [-0.1, -0.05) is 6.92 Å². The smallest absolute Gasteiger partial charge is 0.309 e. The van der Waals surface area contributed by atoms with Crippen LogP contribution in [-0.2, 0) is 11.2 Å². The summed E-state index contributed by atoms with van der Waals surface area (Å²) in [5.41, 5.74) is 0.832. The van der Waals surface area contributed by atoms with Crippen LogP contribution in [0.15, 0.2) is 12.1 Å². The van der Waals surface area contributed by atoms with Crippen molar-refractivity contribution in [3.63, 3.8) is 0 Å². The van der Waals surface area contributed by atoms with Crippen molar-refractivity contribution in [2.75, 3.05) is 6.61 Å². The number of phenols is 1. The van der Waals surface area contributed by atoms with Crippen LogP contribution < -0.4 is 4.74 Å². The van der Waals surface area contributed by atoms with Crippen molar-refractivity contribution in [1.29, 1.82) is 0 Å². The quantitative estimate of drug-likeness (QED) is 0.880. The molecule has 0 fully saturated rings. The van der Waals surface area contributed by atoms with Crippen molar-refractivity contribution >= 4 is 5.97 Å². The van der Waals surface area contributed by atoms with E-state index in [0.29, 0.717) is 6.61 Å². The highest BCUT2D eigenvalue weighted by Gasteiger charge is 2.37. The lowest BCUT2D eigenvalue weighted by Crippen LogP contribution is -2.30. The van der Waals surface area contributed by atoms with Crippen molar-refractivity contribution in [2.45, 2.75) is 39.5 Å². The number of fused-ring (bicyclic) bond motifs is 1. The van der Waals surface area contributed by atoms with Gasteiger partial charge in [-0.2, -0.15) is 0 Å². The standard InChI is InChI=1S/C15H20O4/c1-9(15(2,3)14(17)18)12-8-11(16)7-10-5-4-6-19-13(10)12/h7-9,16H,4-6H2,1-3H3,(H,17,18). The van der Waals surface area contributed by atoms with E-state index in [1.807, 2.05) is 6.92 Å². The van der Waals surface area contributed by atoms with Crippen molar-refractivity contribution in [3.05, 3.63) is 23.3 Å². The average molecular weight is 264 g/mol. The third-order valence-electron chi connectivity index (χ3n) is 4.12. The number of ether oxygens (including phenoxy) is 1. The fraction of sp³-hybridized carbons (Fsp3) is 0.533. The van der Waals surface area contributed by atoms with E-state index < -0.39 is 11.4 Å². The maximum Gasteiger partial charge on any atom is 0.309 e. The van der Waals surface area contributed by atoms with E-state index in [2.05, 4.69) is 0 Å². The molecule has 1 atom stereocenters. The third kappa shape index (κ3) is 2.39. The van der Waals surface area contributed by atoms with E-state index in [1.54, 1.807) is 26.0 Å². The van der Waals surface area contributed by atoms with Gasteiger partial charge in [-0.15, -0.1) is 0 Å². The molecule has 104 valence electrons. The normalized spacial score (nSPS) is 16.4. The molecule has 1 unspecified atom stereocenters. The highest BCUT2D eigenvalue weighted by Crippen LogP contribution is 2.44. The van der Waals surface area contributed by atoms with Crippen molar-refractivity contribution in [1.82, 2.24) is 0 Å². The molecule has 0 saturated heterocycles. The Morgan fingerprint density at radius 1 is 1.42 bits per heavy atom. The van der Waals surface area contributed by atoms with E-state index in [1.165, 1.54) is 0 Å². The zero-order valence-corrected chi connectivity index (χ0v) is 11.6. The second kappa shape index (κ2) is 4.76. The monoisotopic (exact) mass is 264 g/mol. The molecule has 0 radical (unpaired) electrons. The number of phenolic OH excluding ortho intramolecular Hbond substituents is 1. The minimum absolute atomic E-state index is 0.173. The highest BCUT2D eigenvalue weighted by atomic mass is 16.5. The fourth-order valence-electron chi connectivity index (χ4n) is 2.39. The van der Waals surface area contributed by atoms with Crippen molar-refractivity contribution < 1.29 is 19.7 Å². The Balaban J connectivity index is 2.50. The molecule has 4 nitrogen and oxygen atoms in total. The number of aryl methyl sites for hydroxylation is 1. The number of aliphatic carboxylic acids is 1. The first kappa shape index (κ1) is 13.7. The summed E-state index contributed by atoms with van der Waals surface area (Å²) in [6, 6.07) is 3.33. The third-order valence-corrected chi connectivity index (χ3v) is 4.12. The van der Waals surface area contributed by atoms with Crippen LogP contribution in [0.2, 0.25) is 0 Å². The number of rotatable bonds is 3. The minimum atomic E-state index is -0.914. The Hall–Kier alpha value is -1.71. The fourth-order valence-corrected chi connectivity index (χ4v) is 2.39. The maximum absolute atomic E-state index is 11.4. The molecule has 1 aromatic rings. The van der Waals surface area contributed by atoms with Crippen LogP contribution in [0.3, 0.4) is 0 Å². The molecule has 0 bridgehead atoms. The predicted octanol–water partition coefficient (Wildman–Crippen LogP) is 2.93. The second-order valence-electron chi connectivity index (χ2n) is 5.72. The van der Waals surface area contributed by atoms with Gasteiger partial charge in [0.25, 0.3) is 0 Å². The van der Waals surface area contributed by atoms with Crippen LogP contribution >= 0.6 is 0 Å². The number of hydrogen-bond donors (Lipinski definition) is 2. The van der Waals surface area contributed by atoms with Gasteiger partial charge >= 0.3 is 5.97 Å². The first-order valence-electron chi connectivity index (χ1n) is 6.56. The number of carbonyl (C=O) groups is 1. The molecule has 4 heteroatoms. The molecule has 0 saturated carbocycles. The molecule has 1 aromatic carbocycles. The van der Waals surface area contributed by atoms with Crippen LogP contribution in [-0.4, -0.2) is 22.8 Å². The van der Waals surface area contributed by atoms with Crippen LogP contribution in [0.5, 0.6) is 11.5 Å². The Bertz CT molecular complexity index is 505. The van der Waals surface area contributed by atoms with Crippen LogP contribution in [0.4, 0.5) is 0 Å². The van der Waals surface area contributed by atoms with E-state index in [0.717, 1.165) is 29.7 Å². The van der Waals surface area contributed by atoms with Gasteiger partial charge in [-0.3, -0.25) is 4.79 Å². The van der Waals surface area contributed by atoms with Gasteiger partial charge < -0.3 is 14.9 Å². The topological polar surface area (TPSA) is 66.8 Å². The number of carboxylic acids is 1. The molecule has 0 amide bonds. The molecular weight excluding hydrogens is 244 g/mol. The zero-order chi connectivity index (χ0) is 14.2. The van der Waals surface area contributed by atoms with E-state index >= 15 is 0 Å². The second-order valence-corrected chi connectivity index (χ2v) is 5.72. The molecule has 19 heavy (non-hydrogen) atoms. The van der Waals surface area contributed by atoms with Crippen molar-refractivity contribution in [2.24, 2.45) is 5.41 Å². The first-order chi connectivity index (χ1) is 8.84. The number of hydrogen-bond acceptors (Lipinski definition) is 3. The number of aromatic hydroxyl groups is 1. The van der Waals surface area contributed by atoms with Gasteiger partial charge in [-0.05, 0) is 44.4 Å². The Kier molecular flexibility index (Phi) is 3.43. The molecule has 0 aromatic heterocycles. The largest absolute Gasteiger partial charge is 0.508 e. The van der Waals surface area contributed by atoms with E-state index in [4.69, 9.17) is 4.74 Å². The van der Waals surface area contributed by atoms with Gasteiger partial charge in [0.15, 0.2) is 0 Å². The lowest BCUT2D eigenvalue weighted by Gasteiger charge is -2.31. The van der Waals surface area contributed by atoms with E-state index in [9.17, 15) is 15.0 Å². The first-order valence-corrected chi connectivity index (χ1v) is 6.56. The molecule has 0 spiro atoms. The summed E-state index contributed by atoms with van der Waals surface area (Å²) in [6.07, 6.45) is 1.78. The molecule has 0 aliphatic carbocycles. The van der Waals surface area contributed by atoms with Gasteiger partial charge in [0.05, 0.1) is 12.0 Å². The number of benzene rings is 1. The lowest BCUT2D eigenvalue weighted by molar-refractivity contribution is -0.148. The van der Waals surface area contributed by atoms with Gasteiger partial charge in [0.2, 0.25) is 0 Å².